The van der Waals surface area contributed by atoms with Crippen LogP contribution >= 0.6 is 0 Å². The van der Waals surface area contributed by atoms with Gasteiger partial charge in [0.15, 0.2) is 0 Å². The third-order valence-electron chi connectivity index (χ3n) is 4.54. The maximum Gasteiger partial charge on any atom is 0.249 e. The van der Waals surface area contributed by atoms with Crippen LogP contribution in [0.15, 0.2) is 42.5 Å². The van der Waals surface area contributed by atoms with Crippen molar-refractivity contribution < 1.29 is 9.59 Å². The number of anilines is 1. The predicted octanol–water partition coefficient (Wildman–Crippen LogP) is 3.08. The molecule has 2 amide bonds. The summed E-state index contributed by atoms with van der Waals surface area (Å²) in [4.78, 5) is 26.7. The highest BCUT2D eigenvalue weighted by Gasteiger charge is 2.33. The Morgan fingerprint density at radius 3 is 2.32 bits per heavy atom. The van der Waals surface area contributed by atoms with E-state index < -0.39 is 6.04 Å². The molecule has 1 saturated heterocycles. The lowest BCUT2D eigenvalue weighted by Gasteiger charge is -2.18. The first-order chi connectivity index (χ1) is 11.9. The summed E-state index contributed by atoms with van der Waals surface area (Å²) < 4.78 is 0. The zero-order chi connectivity index (χ0) is 18.0. The van der Waals surface area contributed by atoms with Gasteiger partial charge in [-0.15, -0.1) is 0 Å². The molecule has 0 spiro atoms. The van der Waals surface area contributed by atoms with Gasteiger partial charge in [-0.2, -0.15) is 0 Å². The van der Waals surface area contributed by atoms with Crippen molar-refractivity contribution in [1.82, 2.24) is 5.32 Å². The van der Waals surface area contributed by atoms with Crippen molar-refractivity contribution in [2.24, 2.45) is 0 Å². The number of hydrogen-bond donors (Lipinski definition) is 1. The Bertz CT molecular complexity index is 776. The first-order valence-electron chi connectivity index (χ1n) is 8.67. The summed E-state index contributed by atoms with van der Waals surface area (Å²) in [5, 5.41) is 2.89. The summed E-state index contributed by atoms with van der Waals surface area (Å²) in [6, 6.07) is 13.6. The lowest BCUT2D eigenvalue weighted by Crippen LogP contribution is -2.42. The minimum atomic E-state index is -0.432. The van der Waals surface area contributed by atoms with Crippen LogP contribution in [0.2, 0.25) is 0 Å². The second kappa shape index (κ2) is 7.09. The molecule has 1 aliphatic rings. The molecule has 1 aliphatic heterocycles. The molecule has 4 heteroatoms. The number of benzene rings is 2. The number of nitrogens with zero attached hydrogens (tertiary/aromatic N) is 1. The molecule has 25 heavy (non-hydrogen) atoms. The van der Waals surface area contributed by atoms with E-state index in [9.17, 15) is 9.59 Å². The summed E-state index contributed by atoms with van der Waals surface area (Å²) in [7, 11) is 0. The van der Waals surface area contributed by atoms with E-state index in [1.54, 1.807) is 4.90 Å². The fourth-order valence-corrected chi connectivity index (χ4v) is 3.31. The van der Waals surface area contributed by atoms with Crippen LogP contribution in [0.5, 0.6) is 0 Å². The first kappa shape index (κ1) is 17.2. The summed E-state index contributed by atoms with van der Waals surface area (Å²) in [5.41, 5.74) is 5.31. The average Bonchev–Trinajstić information content (AvgIpc) is 2.89. The topological polar surface area (TPSA) is 49.4 Å². The van der Waals surface area contributed by atoms with Crippen molar-refractivity contribution in [2.45, 2.75) is 39.7 Å². The fourth-order valence-electron chi connectivity index (χ4n) is 3.31. The van der Waals surface area contributed by atoms with Gasteiger partial charge >= 0.3 is 0 Å². The van der Waals surface area contributed by atoms with Gasteiger partial charge in [0.25, 0.3) is 0 Å². The van der Waals surface area contributed by atoms with E-state index in [0.717, 1.165) is 22.4 Å². The van der Waals surface area contributed by atoms with E-state index in [1.807, 2.05) is 57.2 Å². The number of amides is 2. The van der Waals surface area contributed by atoms with Crippen molar-refractivity contribution in [1.29, 1.82) is 0 Å². The highest BCUT2D eigenvalue weighted by molar-refractivity contribution is 6.01. The first-order valence-corrected chi connectivity index (χ1v) is 8.67. The molecular weight excluding hydrogens is 312 g/mol. The predicted molar refractivity (Wildman–Crippen MR) is 99.7 cm³/mol. The minimum absolute atomic E-state index is 0.0257. The molecule has 1 heterocycles. The van der Waals surface area contributed by atoms with Crippen molar-refractivity contribution in [3.63, 3.8) is 0 Å². The molecule has 1 fully saturated rings. The van der Waals surface area contributed by atoms with Crippen LogP contribution in [0, 0.1) is 20.8 Å². The molecule has 130 valence electrons. The van der Waals surface area contributed by atoms with Crippen LogP contribution < -0.4 is 10.2 Å². The fraction of sp³-hybridized carbons (Fsp3) is 0.333. The molecule has 2 aromatic carbocycles. The van der Waals surface area contributed by atoms with Crippen LogP contribution in [-0.4, -0.2) is 24.4 Å². The summed E-state index contributed by atoms with van der Waals surface area (Å²) >= 11 is 0. The van der Waals surface area contributed by atoms with E-state index in [1.165, 1.54) is 5.56 Å². The molecule has 4 nitrogen and oxygen atoms in total. The number of aryl methyl sites for hydroxylation is 3. The van der Waals surface area contributed by atoms with Crippen LogP contribution in [-0.2, 0) is 16.0 Å². The number of rotatable bonds is 4. The van der Waals surface area contributed by atoms with Crippen LogP contribution in [0.25, 0.3) is 0 Å². The van der Waals surface area contributed by atoms with E-state index in [-0.39, 0.29) is 11.8 Å². The lowest BCUT2D eigenvalue weighted by atomic mass is 10.1. The lowest BCUT2D eigenvalue weighted by molar-refractivity contribution is -0.126. The molecule has 0 radical (unpaired) electrons. The zero-order valence-corrected chi connectivity index (χ0v) is 15.0. The van der Waals surface area contributed by atoms with Gasteiger partial charge in [0.1, 0.15) is 6.04 Å². The Balaban J connectivity index is 1.63. The van der Waals surface area contributed by atoms with Crippen molar-refractivity contribution in [2.75, 3.05) is 11.4 Å². The van der Waals surface area contributed by atoms with Crippen LogP contribution in [0.4, 0.5) is 5.69 Å². The Morgan fingerprint density at radius 1 is 1.04 bits per heavy atom. The minimum Gasteiger partial charge on any atom is -0.344 e. The average molecular weight is 336 g/mol. The molecular formula is C21H24N2O2. The smallest absolute Gasteiger partial charge is 0.249 e. The second-order valence-electron chi connectivity index (χ2n) is 6.91. The van der Waals surface area contributed by atoms with Crippen molar-refractivity contribution in [3.8, 4) is 0 Å². The van der Waals surface area contributed by atoms with Crippen LogP contribution in [0.1, 0.15) is 28.7 Å². The summed E-state index contributed by atoms with van der Waals surface area (Å²) in [5.74, 6) is -0.133. The monoisotopic (exact) mass is 336 g/mol. The van der Waals surface area contributed by atoms with E-state index in [0.29, 0.717) is 19.4 Å². The summed E-state index contributed by atoms with van der Waals surface area (Å²) in [6.45, 7) is 6.70. The van der Waals surface area contributed by atoms with E-state index in [2.05, 4.69) is 11.4 Å². The molecule has 0 bridgehead atoms. The normalized spacial score (nSPS) is 17.0. The third kappa shape index (κ3) is 4.08. The van der Waals surface area contributed by atoms with Gasteiger partial charge in [0.05, 0.1) is 6.42 Å². The maximum atomic E-state index is 12.7. The van der Waals surface area contributed by atoms with Gasteiger partial charge < -0.3 is 10.2 Å². The van der Waals surface area contributed by atoms with Crippen LogP contribution in [0.3, 0.4) is 0 Å². The zero-order valence-electron chi connectivity index (χ0n) is 15.0. The molecule has 3 rings (SSSR count). The van der Waals surface area contributed by atoms with Gasteiger partial charge in [-0.05, 0) is 56.0 Å². The molecule has 1 atom stereocenters. The maximum absolute atomic E-state index is 12.7. The number of hydrogen-bond acceptors (Lipinski definition) is 2. The molecule has 0 saturated carbocycles. The molecule has 1 N–H and O–H groups in total. The molecule has 0 aliphatic carbocycles. The number of carbonyl (C=O) groups excluding carboxylic acids is 2. The Kier molecular flexibility index (Phi) is 4.88. The Labute approximate surface area is 148 Å². The SMILES string of the molecule is Cc1ccc(CC(=O)NC2CCN(c3cc(C)cc(C)c3)C2=O)cc1. The molecule has 0 aromatic heterocycles. The third-order valence-corrected chi connectivity index (χ3v) is 4.54. The Morgan fingerprint density at radius 2 is 1.68 bits per heavy atom. The number of carbonyl (C=O) groups is 2. The highest BCUT2D eigenvalue weighted by atomic mass is 16.2. The molecule has 1 unspecified atom stereocenters. The van der Waals surface area contributed by atoms with Gasteiger partial charge in [-0.25, -0.2) is 0 Å². The van der Waals surface area contributed by atoms with E-state index >= 15 is 0 Å². The Hall–Kier alpha value is -2.62. The van der Waals surface area contributed by atoms with E-state index in [4.69, 9.17) is 0 Å². The van der Waals surface area contributed by atoms with Crippen molar-refractivity contribution >= 4 is 17.5 Å². The van der Waals surface area contributed by atoms with Gasteiger partial charge in [0.2, 0.25) is 11.8 Å². The van der Waals surface area contributed by atoms with Gasteiger partial charge in [-0.1, -0.05) is 35.9 Å². The second-order valence-corrected chi connectivity index (χ2v) is 6.91. The quantitative estimate of drug-likeness (QED) is 0.933. The molecule has 2 aromatic rings. The highest BCUT2D eigenvalue weighted by Crippen LogP contribution is 2.24. The standard InChI is InChI=1S/C21H24N2O2/c1-14-4-6-17(7-5-14)13-20(24)22-19-8-9-23(21(19)25)18-11-15(2)10-16(3)12-18/h4-7,10-12,19H,8-9,13H2,1-3H3,(H,22,24). The summed E-state index contributed by atoms with van der Waals surface area (Å²) in [6.07, 6.45) is 0.944. The van der Waals surface area contributed by atoms with Crippen molar-refractivity contribution in [3.05, 3.63) is 64.7 Å². The largest absolute Gasteiger partial charge is 0.344 e. The van der Waals surface area contributed by atoms with Gasteiger partial charge in [0, 0.05) is 12.2 Å². The van der Waals surface area contributed by atoms with Gasteiger partial charge in [-0.3, -0.25) is 9.59 Å². The number of nitrogens with one attached hydrogen (secondary N) is 1.